The zero-order chi connectivity index (χ0) is 17.5. The molecule has 0 unspecified atom stereocenters. The number of amides is 1. The summed E-state index contributed by atoms with van der Waals surface area (Å²) in [5.74, 6) is 1.34. The monoisotopic (exact) mass is 327 g/mol. The fourth-order valence-electron chi connectivity index (χ4n) is 2.41. The van der Waals surface area contributed by atoms with E-state index < -0.39 is 0 Å². The summed E-state index contributed by atoms with van der Waals surface area (Å²) in [6.45, 7) is 8.98. The maximum atomic E-state index is 12.4. The predicted octanol–water partition coefficient (Wildman–Crippen LogP) is 4.28. The molecule has 1 amide bonds. The molecule has 0 heterocycles. The number of benzene rings is 2. The van der Waals surface area contributed by atoms with E-state index in [0.717, 1.165) is 16.9 Å². The molecule has 2 aromatic carbocycles. The van der Waals surface area contributed by atoms with Crippen LogP contribution in [0.2, 0.25) is 0 Å². The van der Waals surface area contributed by atoms with Gasteiger partial charge in [-0.2, -0.15) is 0 Å². The minimum Gasteiger partial charge on any atom is -0.490 e. The Morgan fingerprint density at radius 2 is 1.62 bits per heavy atom. The Kier molecular flexibility index (Phi) is 6.24. The molecule has 0 spiro atoms. The van der Waals surface area contributed by atoms with E-state index in [1.807, 2.05) is 70.2 Å². The van der Waals surface area contributed by atoms with Gasteiger partial charge in [-0.1, -0.05) is 23.8 Å². The molecule has 2 aromatic rings. The molecule has 1 N–H and O–H groups in total. The molecule has 0 saturated heterocycles. The molecule has 1 atom stereocenters. The van der Waals surface area contributed by atoms with Crippen LogP contribution in [0.1, 0.15) is 48.3 Å². The van der Waals surface area contributed by atoms with Crippen molar-refractivity contribution in [1.82, 2.24) is 5.32 Å². The number of carbonyl (C=O) groups is 1. The maximum absolute atomic E-state index is 12.4. The van der Waals surface area contributed by atoms with Gasteiger partial charge in [-0.05, 0) is 57.5 Å². The first-order valence-corrected chi connectivity index (χ1v) is 8.32. The number of hydrogen-bond donors (Lipinski definition) is 1. The maximum Gasteiger partial charge on any atom is 0.251 e. The zero-order valence-corrected chi connectivity index (χ0v) is 14.8. The van der Waals surface area contributed by atoms with Gasteiger partial charge in [-0.25, -0.2) is 0 Å². The Labute approximate surface area is 143 Å². The SMILES string of the molecule is CCOc1ccc([C@@H](C)NC(=O)c2ccc(C)cc2)cc1OCC. The van der Waals surface area contributed by atoms with Crippen LogP contribution in [-0.4, -0.2) is 19.1 Å². The van der Waals surface area contributed by atoms with Crippen molar-refractivity contribution in [2.24, 2.45) is 0 Å². The van der Waals surface area contributed by atoms with Crippen molar-refractivity contribution in [2.45, 2.75) is 33.7 Å². The van der Waals surface area contributed by atoms with Gasteiger partial charge >= 0.3 is 0 Å². The number of carbonyl (C=O) groups excluding carboxylic acids is 1. The second-order valence-electron chi connectivity index (χ2n) is 5.63. The molecule has 0 bridgehead atoms. The van der Waals surface area contributed by atoms with Crippen molar-refractivity contribution >= 4 is 5.91 Å². The molecule has 0 saturated carbocycles. The number of ether oxygens (including phenoxy) is 2. The summed E-state index contributed by atoms with van der Waals surface area (Å²) in [6.07, 6.45) is 0. The van der Waals surface area contributed by atoms with Crippen LogP contribution in [0.15, 0.2) is 42.5 Å². The lowest BCUT2D eigenvalue weighted by Gasteiger charge is -2.17. The van der Waals surface area contributed by atoms with Crippen LogP contribution in [0.3, 0.4) is 0 Å². The van der Waals surface area contributed by atoms with Crippen LogP contribution >= 0.6 is 0 Å². The van der Waals surface area contributed by atoms with Gasteiger partial charge in [0.1, 0.15) is 0 Å². The summed E-state index contributed by atoms with van der Waals surface area (Å²) < 4.78 is 11.2. The van der Waals surface area contributed by atoms with Crippen LogP contribution in [0.4, 0.5) is 0 Å². The van der Waals surface area contributed by atoms with Crippen molar-refractivity contribution in [3.63, 3.8) is 0 Å². The summed E-state index contributed by atoms with van der Waals surface area (Å²) in [6, 6.07) is 13.2. The molecule has 0 aliphatic carbocycles. The van der Waals surface area contributed by atoms with Gasteiger partial charge in [0.15, 0.2) is 11.5 Å². The van der Waals surface area contributed by atoms with E-state index in [1.54, 1.807) is 0 Å². The summed E-state index contributed by atoms with van der Waals surface area (Å²) in [5, 5.41) is 3.02. The highest BCUT2D eigenvalue weighted by Crippen LogP contribution is 2.30. The van der Waals surface area contributed by atoms with Crippen LogP contribution < -0.4 is 14.8 Å². The van der Waals surface area contributed by atoms with Gasteiger partial charge in [0.2, 0.25) is 0 Å². The molecule has 0 radical (unpaired) electrons. The van der Waals surface area contributed by atoms with Gasteiger partial charge in [0, 0.05) is 5.56 Å². The number of aryl methyl sites for hydroxylation is 1. The third-order valence-corrected chi connectivity index (χ3v) is 3.73. The van der Waals surface area contributed by atoms with E-state index in [0.29, 0.717) is 24.5 Å². The fourth-order valence-corrected chi connectivity index (χ4v) is 2.41. The Morgan fingerprint density at radius 3 is 2.25 bits per heavy atom. The van der Waals surface area contributed by atoms with Crippen molar-refractivity contribution in [3.05, 3.63) is 59.2 Å². The average Bonchev–Trinajstić information content (AvgIpc) is 2.57. The largest absolute Gasteiger partial charge is 0.490 e. The predicted molar refractivity (Wildman–Crippen MR) is 95.8 cm³/mol. The Morgan fingerprint density at radius 1 is 1.00 bits per heavy atom. The highest BCUT2D eigenvalue weighted by atomic mass is 16.5. The van der Waals surface area contributed by atoms with E-state index in [2.05, 4.69) is 5.32 Å². The lowest BCUT2D eigenvalue weighted by atomic mass is 10.1. The zero-order valence-electron chi connectivity index (χ0n) is 14.8. The Bertz CT molecular complexity index is 680. The molecule has 0 aromatic heterocycles. The number of hydrogen-bond acceptors (Lipinski definition) is 3. The molecule has 24 heavy (non-hydrogen) atoms. The molecule has 4 heteroatoms. The quantitative estimate of drug-likeness (QED) is 0.825. The minimum atomic E-state index is -0.131. The third kappa shape index (κ3) is 4.51. The first-order valence-electron chi connectivity index (χ1n) is 8.32. The van der Waals surface area contributed by atoms with E-state index in [-0.39, 0.29) is 11.9 Å². The van der Waals surface area contributed by atoms with Gasteiger partial charge < -0.3 is 14.8 Å². The lowest BCUT2D eigenvalue weighted by molar-refractivity contribution is 0.0940. The summed E-state index contributed by atoms with van der Waals surface area (Å²) in [5.41, 5.74) is 2.76. The number of rotatable bonds is 7. The van der Waals surface area contributed by atoms with E-state index in [1.165, 1.54) is 0 Å². The summed E-state index contributed by atoms with van der Waals surface area (Å²) in [4.78, 5) is 12.4. The summed E-state index contributed by atoms with van der Waals surface area (Å²) in [7, 11) is 0. The molecule has 2 rings (SSSR count). The first-order chi connectivity index (χ1) is 11.5. The second-order valence-corrected chi connectivity index (χ2v) is 5.63. The van der Waals surface area contributed by atoms with Crippen LogP contribution in [0, 0.1) is 6.92 Å². The molecular formula is C20H25NO3. The summed E-state index contributed by atoms with van der Waals surface area (Å²) >= 11 is 0. The van der Waals surface area contributed by atoms with Crippen LogP contribution in [0.5, 0.6) is 11.5 Å². The highest BCUT2D eigenvalue weighted by molar-refractivity contribution is 5.94. The van der Waals surface area contributed by atoms with E-state index in [4.69, 9.17) is 9.47 Å². The Hall–Kier alpha value is -2.49. The van der Waals surface area contributed by atoms with Crippen LogP contribution in [-0.2, 0) is 0 Å². The minimum absolute atomic E-state index is 0.0886. The van der Waals surface area contributed by atoms with Crippen molar-refractivity contribution in [2.75, 3.05) is 13.2 Å². The average molecular weight is 327 g/mol. The van der Waals surface area contributed by atoms with Gasteiger partial charge in [-0.3, -0.25) is 4.79 Å². The topological polar surface area (TPSA) is 47.6 Å². The second kappa shape index (κ2) is 8.39. The molecule has 128 valence electrons. The first kappa shape index (κ1) is 17.9. The fraction of sp³-hybridized carbons (Fsp3) is 0.350. The van der Waals surface area contributed by atoms with Crippen molar-refractivity contribution in [3.8, 4) is 11.5 Å². The molecule has 0 aliphatic heterocycles. The van der Waals surface area contributed by atoms with E-state index >= 15 is 0 Å². The van der Waals surface area contributed by atoms with Gasteiger partial charge in [-0.15, -0.1) is 0 Å². The lowest BCUT2D eigenvalue weighted by Crippen LogP contribution is -2.26. The third-order valence-electron chi connectivity index (χ3n) is 3.73. The van der Waals surface area contributed by atoms with Crippen molar-refractivity contribution < 1.29 is 14.3 Å². The standard InChI is InChI=1S/C20H25NO3/c1-5-23-18-12-11-17(13-19(18)24-6-2)15(4)21-20(22)16-9-7-14(3)8-10-16/h7-13,15H,5-6H2,1-4H3,(H,21,22)/t15-/m1/s1. The van der Waals surface area contributed by atoms with Gasteiger partial charge in [0.25, 0.3) is 5.91 Å². The molecule has 4 nitrogen and oxygen atoms in total. The molecular weight excluding hydrogens is 302 g/mol. The van der Waals surface area contributed by atoms with Crippen LogP contribution in [0.25, 0.3) is 0 Å². The normalized spacial score (nSPS) is 11.7. The Balaban J connectivity index is 2.13. The molecule has 0 aliphatic rings. The van der Waals surface area contributed by atoms with Gasteiger partial charge in [0.05, 0.1) is 19.3 Å². The highest BCUT2D eigenvalue weighted by Gasteiger charge is 2.14. The number of nitrogens with one attached hydrogen (secondary N) is 1. The smallest absolute Gasteiger partial charge is 0.251 e. The van der Waals surface area contributed by atoms with E-state index in [9.17, 15) is 4.79 Å². The molecule has 0 fully saturated rings. The van der Waals surface area contributed by atoms with Crippen molar-refractivity contribution in [1.29, 1.82) is 0 Å².